The minimum Gasteiger partial charge on any atom is -0.504 e. The highest BCUT2D eigenvalue weighted by molar-refractivity contribution is 5.98. The van der Waals surface area contributed by atoms with Crippen molar-refractivity contribution >= 4 is 18.0 Å². The van der Waals surface area contributed by atoms with E-state index in [1.807, 2.05) is 6.92 Å². The van der Waals surface area contributed by atoms with Crippen LogP contribution in [0.25, 0.3) is 0 Å². The smallest absolute Gasteiger partial charge is 0.503 e. The van der Waals surface area contributed by atoms with Crippen LogP contribution in [-0.2, 0) is 0 Å². The number of para-hydroxylation sites is 2. The van der Waals surface area contributed by atoms with Gasteiger partial charge in [0.05, 0.1) is 11.1 Å². The van der Waals surface area contributed by atoms with Crippen molar-refractivity contribution in [3.63, 3.8) is 0 Å². The number of amides is 2. The molecule has 0 radical (unpaired) electrons. The van der Waals surface area contributed by atoms with Crippen LogP contribution in [0, 0.1) is 0 Å². The summed E-state index contributed by atoms with van der Waals surface area (Å²) < 4.78 is 0. The van der Waals surface area contributed by atoms with Gasteiger partial charge in [-0.15, -0.1) is 0 Å². The Bertz CT molecular complexity index is 943. The Labute approximate surface area is 183 Å². The van der Waals surface area contributed by atoms with E-state index in [-0.39, 0.29) is 28.7 Å². The number of hydrogen-bond acceptors (Lipinski definition) is 7. The Morgan fingerprint density at radius 1 is 0.812 bits per heavy atom. The molecule has 0 spiro atoms. The number of rotatable bonds is 8. The van der Waals surface area contributed by atoms with Gasteiger partial charge in [-0.1, -0.05) is 12.1 Å². The molecule has 2 aromatic rings. The number of aromatic hydroxyl groups is 4. The van der Waals surface area contributed by atoms with Crippen LogP contribution in [0.1, 0.15) is 46.9 Å². The lowest BCUT2D eigenvalue weighted by Crippen LogP contribution is -2.32. The van der Waals surface area contributed by atoms with Gasteiger partial charge in [-0.2, -0.15) is 0 Å². The van der Waals surface area contributed by atoms with Crippen molar-refractivity contribution < 1.29 is 45.0 Å². The van der Waals surface area contributed by atoms with Crippen molar-refractivity contribution in [2.75, 3.05) is 6.54 Å². The van der Waals surface area contributed by atoms with Gasteiger partial charge in [0.1, 0.15) is 0 Å². The van der Waals surface area contributed by atoms with Crippen LogP contribution in [-0.4, -0.2) is 61.2 Å². The lowest BCUT2D eigenvalue weighted by Gasteiger charge is -2.15. The van der Waals surface area contributed by atoms with E-state index in [0.717, 1.165) is 6.42 Å². The Morgan fingerprint density at radius 3 is 1.78 bits per heavy atom. The third-order valence-electron chi connectivity index (χ3n) is 4.25. The Morgan fingerprint density at radius 2 is 1.28 bits per heavy atom. The molecule has 0 unspecified atom stereocenters. The van der Waals surface area contributed by atoms with Gasteiger partial charge in [0, 0.05) is 12.6 Å². The van der Waals surface area contributed by atoms with E-state index in [1.165, 1.54) is 36.4 Å². The number of unbranched alkanes of at least 4 members (excludes halogenated alkanes) is 1. The summed E-state index contributed by atoms with van der Waals surface area (Å²) in [5, 5.41) is 57.6. The van der Waals surface area contributed by atoms with Crippen molar-refractivity contribution in [2.24, 2.45) is 0 Å². The molecule has 1 atom stereocenters. The second kappa shape index (κ2) is 12.5. The molecule has 0 aliphatic rings. The highest BCUT2D eigenvalue weighted by Gasteiger charge is 2.16. The van der Waals surface area contributed by atoms with Crippen LogP contribution >= 0.6 is 0 Å². The molecule has 8 N–H and O–H groups in total. The lowest BCUT2D eigenvalue weighted by molar-refractivity contribution is 0.0933. The standard InChI is InChI=1S/C20H24N2O6.CH2O3/c1-12(22-20(28)14-8-5-10-16(24)18(14)26)6-2-3-11-21-19(27)13-7-4-9-15(23)17(13)25;2-1(3)4/h4-5,7-10,12,23-26H,2-3,6,11H2,1H3,(H,21,27)(H,22,28);(H2,2,3,4)/t12-;/m1./s1. The molecule has 174 valence electrons. The van der Waals surface area contributed by atoms with Gasteiger partial charge in [-0.3, -0.25) is 9.59 Å². The normalized spacial score (nSPS) is 10.9. The summed E-state index contributed by atoms with van der Waals surface area (Å²) in [6, 6.07) is 8.20. The van der Waals surface area contributed by atoms with Gasteiger partial charge in [-0.05, 0) is 50.5 Å². The highest BCUT2D eigenvalue weighted by atomic mass is 16.6. The molecule has 0 aliphatic carbocycles. The number of carbonyl (C=O) groups excluding carboxylic acids is 2. The minimum atomic E-state index is -1.83. The molecule has 0 saturated carbocycles. The first-order valence-electron chi connectivity index (χ1n) is 9.57. The minimum absolute atomic E-state index is 0.00466. The van der Waals surface area contributed by atoms with Crippen LogP contribution < -0.4 is 10.6 Å². The largest absolute Gasteiger partial charge is 0.504 e. The molecule has 11 heteroatoms. The summed E-state index contributed by atoms with van der Waals surface area (Å²) >= 11 is 0. The molecule has 11 nitrogen and oxygen atoms in total. The highest BCUT2D eigenvalue weighted by Crippen LogP contribution is 2.28. The zero-order valence-electron chi connectivity index (χ0n) is 17.3. The second-order valence-corrected chi connectivity index (χ2v) is 6.76. The monoisotopic (exact) mass is 450 g/mol. The van der Waals surface area contributed by atoms with Crippen molar-refractivity contribution in [3.8, 4) is 23.0 Å². The summed E-state index contributed by atoms with van der Waals surface area (Å²) in [5.74, 6) is -2.57. The van der Waals surface area contributed by atoms with E-state index in [0.29, 0.717) is 19.4 Å². The molecule has 2 rings (SSSR count). The number of phenols is 4. The van der Waals surface area contributed by atoms with Crippen molar-refractivity contribution in [1.82, 2.24) is 10.6 Å². The van der Waals surface area contributed by atoms with Gasteiger partial charge in [-0.25, -0.2) is 4.79 Å². The van der Waals surface area contributed by atoms with Gasteiger partial charge < -0.3 is 41.3 Å². The maximum Gasteiger partial charge on any atom is 0.503 e. The Kier molecular flexibility index (Phi) is 10.1. The van der Waals surface area contributed by atoms with E-state index >= 15 is 0 Å². The summed E-state index contributed by atoms with van der Waals surface area (Å²) in [7, 11) is 0. The fraction of sp³-hybridized carbons (Fsp3) is 0.286. The number of carbonyl (C=O) groups is 3. The van der Waals surface area contributed by atoms with Gasteiger partial charge in [0.25, 0.3) is 11.8 Å². The fourth-order valence-electron chi connectivity index (χ4n) is 2.68. The van der Waals surface area contributed by atoms with Crippen LogP contribution in [0.3, 0.4) is 0 Å². The topological polar surface area (TPSA) is 197 Å². The summed E-state index contributed by atoms with van der Waals surface area (Å²) in [4.78, 5) is 32.7. The van der Waals surface area contributed by atoms with E-state index in [1.54, 1.807) is 0 Å². The summed E-state index contributed by atoms with van der Waals surface area (Å²) in [6.45, 7) is 2.20. The number of benzene rings is 2. The van der Waals surface area contributed by atoms with E-state index < -0.39 is 29.5 Å². The van der Waals surface area contributed by atoms with Gasteiger partial charge in [0.15, 0.2) is 23.0 Å². The molecule has 0 saturated heterocycles. The average Bonchev–Trinajstić information content (AvgIpc) is 2.71. The summed E-state index contributed by atoms with van der Waals surface area (Å²) in [5.41, 5.74) is 0.0107. The zero-order valence-corrected chi connectivity index (χ0v) is 17.3. The Balaban J connectivity index is 0.00000118. The molecule has 0 aromatic heterocycles. The predicted molar refractivity (Wildman–Crippen MR) is 113 cm³/mol. The molecule has 0 fully saturated rings. The van der Waals surface area contributed by atoms with Crippen LogP contribution in [0.2, 0.25) is 0 Å². The predicted octanol–water partition coefficient (Wildman–Crippen LogP) is 2.45. The number of hydrogen-bond donors (Lipinski definition) is 8. The van der Waals surface area contributed by atoms with E-state index in [9.17, 15) is 30.0 Å². The van der Waals surface area contributed by atoms with Crippen LogP contribution in [0.5, 0.6) is 23.0 Å². The van der Waals surface area contributed by atoms with E-state index in [4.69, 9.17) is 15.0 Å². The van der Waals surface area contributed by atoms with Crippen LogP contribution in [0.15, 0.2) is 36.4 Å². The quantitative estimate of drug-likeness (QED) is 0.220. The molecular weight excluding hydrogens is 424 g/mol. The van der Waals surface area contributed by atoms with Crippen molar-refractivity contribution in [1.29, 1.82) is 0 Å². The maximum atomic E-state index is 12.1. The summed E-state index contributed by atoms with van der Waals surface area (Å²) in [6.07, 6.45) is 0.196. The number of phenolic OH excluding ortho intramolecular Hbond substituents is 4. The second-order valence-electron chi connectivity index (χ2n) is 6.76. The zero-order chi connectivity index (χ0) is 24.3. The first-order valence-corrected chi connectivity index (χ1v) is 9.57. The molecule has 0 heterocycles. The fourth-order valence-corrected chi connectivity index (χ4v) is 2.68. The van der Waals surface area contributed by atoms with E-state index in [2.05, 4.69) is 10.6 Å². The first-order chi connectivity index (χ1) is 15.0. The molecule has 32 heavy (non-hydrogen) atoms. The third kappa shape index (κ3) is 8.30. The van der Waals surface area contributed by atoms with Gasteiger partial charge in [0.2, 0.25) is 0 Å². The first kappa shape index (κ1) is 25.9. The third-order valence-corrected chi connectivity index (χ3v) is 4.25. The average molecular weight is 450 g/mol. The molecule has 0 bridgehead atoms. The number of nitrogens with one attached hydrogen (secondary N) is 2. The SMILES string of the molecule is C[C@H](CCCCNC(=O)c1cccc(O)c1O)NC(=O)c1cccc(O)c1O.O=C(O)O. The number of carboxylic acid groups (broad SMARTS) is 2. The Hall–Kier alpha value is -4.15. The molecule has 2 amide bonds. The lowest BCUT2D eigenvalue weighted by atomic mass is 10.1. The molecule has 2 aromatic carbocycles. The molecule has 0 aliphatic heterocycles. The molecular formula is C21H26N2O9. The van der Waals surface area contributed by atoms with Crippen molar-refractivity contribution in [2.45, 2.75) is 32.2 Å². The van der Waals surface area contributed by atoms with Crippen LogP contribution in [0.4, 0.5) is 4.79 Å². The maximum absolute atomic E-state index is 12.1. The van der Waals surface area contributed by atoms with Crippen molar-refractivity contribution in [3.05, 3.63) is 47.5 Å². The van der Waals surface area contributed by atoms with Gasteiger partial charge >= 0.3 is 6.16 Å².